The van der Waals surface area contributed by atoms with Gasteiger partial charge in [-0.15, -0.1) is 0 Å². The molecular formula is C15H13N5O3. The Balaban J connectivity index is 2.12. The zero-order valence-corrected chi connectivity index (χ0v) is 12.2. The second-order valence-electron chi connectivity index (χ2n) is 4.67. The van der Waals surface area contributed by atoms with Crippen LogP contribution >= 0.6 is 0 Å². The molecule has 0 unspecified atom stereocenters. The number of rotatable bonds is 4. The quantitative estimate of drug-likeness (QED) is 0.752. The maximum atomic E-state index is 11.5. The second kappa shape index (κ2) is 5.76. The Hall–Kier alpha value is -3.42. The fraction of sp³-hybridized carbons (Fsp3) is 0.0667. The van der Waals surface area contributed by atoms with E-state index >= 15 is 0 Å². The Morgan fingerprint density at radius 1 is 1.30 bits per heavy atom. The molecule has 8 nitrogen and oxygen atoms in total. The van der Waals surface area contributed by atoms with Crippen molar-refractivity contribution in [2.75, 3.05) is 12.8 Å². The van der Waals surface area contributed by atoms with Crippen molar-refractivity contribution in [2.45, 2.75) is 0 Å². The van der Waals surface area contributed by atoms with Crippen molar-refractivity contribution >= 4 is 11.8 Å². The molecule has 2 heterocycles. The van der Waals surface area contributed by atoms with Crippen molar-refractivity contribution in [1.29, 1.82) is 0 Å². The van der Waals surface area contributed by atoms with Gasteiger partial charge in [-0.3, -0.25) is 0 Å². The number of nitrogen functional groups attached to an aromatic ring is 1. The number of nitrogens with two attached hydrogens (primary N) is 1. The minimum Gasteiger partial charge on any atom is -0.497 e. The van der Waals surface area contributed by atoms with Crippen LogP contribution in [-0.4, -0.2) is 37.9 Å². The summed E-state index contributed by atoms with van der Waals surface area (Å²) in [4.78, 5) is 19.5. The van der Waals surface area contributed by atoms with Gasteiger partial charge < -0.3 is 15.6 Å². The maximum Gasteiger partial charge on any atom is 0.339 e. The van der Waals surface area contributed by atoms with E-state index in [9.17, 15) is 9.90 Å². The van der Waals surface area contributed by atoms with Gasteiger partial charge in [-0.2, -0.15) is 5.10 Å². The number of carbonyl (C=O) groups is 1. The van der Waals surface area contributed by atoms with E-state index in [0.717, 1.165) is 0 Å². The minimum absolute atomic E-state index is 0.0527. The summed E-state index contributed by atoms with van der Waals surface area (Å²) >= 11 is 0. The van der Waals surface area contributed by atoms with Gasteiger partial charge >= 0.3 is 5.97 Å². The van der Waals surface area contributed by atoms with E-state index in [2.05, 4.69) is 15.1 Å². The van der Waals surface area contributed by atoms with Gasteiger partial charge in [0.15, 0.2) is 5.82 Å². The monoisotopic (exact) mass is 311 g/mol. The summed E-state index contributed by atoms with van der Waals surface area (Å²) in [5.41, 5.74) is 6.50. The van der Waals surface area contributed by atoms with Crippen molar-refractivity contribution in [1.82, 2.24) is 19.7 Å². The van der Waals surface area contributed by atoms with Gasteiger partial charge in [-0.05, 0) is 12.1 Å². The summed E-state index contributed by atoms with van der Waals surface area (Å²) in [7, 11) is 1.54. The lowest BCUT2D eigenvalue weighted by atomic mass is 10.1. The van der Waals surface area contributed by atoms with Gasteiger partial charge in [-0.1, -0.05) is 12.1 Å². The van der Waals surface area contributed by atoms with E-state index in [1.165, 1.54) is 23.3 Å². The highest BCUT2D eigenvalue weighted by atomic mass is 16.5. The Labute approximate surface area is 131 Å². The van der Waals surface area contributed by atoms with Gasteiger partial charge in [0.2, 0.25) is 0 Å². The third-order valence-electron chi connectivity index (χ3n) is 3.18. The van der Waals surface area contributed by atoms with Crippen molar-refractivity contribution in [3.8, 4) is 22.8 Å². The molecule has 0 amide bonds. The van der Waals surface area contributed by atoms with Crippen LogP contribution in [0.1, 0.15) is 10.4 Å². The molecule has 23 heavy (non-hydrogen) atoms. The van der Waals surface area contributed by atoms with Gasteiger partial charge in [0.1, 0.15) is 22.8 Å². The molecule has 0 aliphatic heterocycles. The smallest absolute Gasteiger partial charge is 0.339 e. The number of carboxylic acids is 1. The molecule has 1 aromatic carbocycles. The molecule has 8 heteroatoms. The first-order valence-corrected chi connectivity index (χ1v) is 6.64. The molecule has 0 radical (unpaired) electrons. The van der Waals surface area contributed by atoms with Crippen LogP contribution in [0, 0.1) is 0 Å². The zero-order valence-electron chi connectivity index (χ0n) is 12.2. The number of aromatic nitrogens is 4. The van der Waals surface area contributed by atoms with Gasteiger partial charge in [0.05, 0.1) is 19.5 Å². The molecule has 3 N–H and O–H groups in total. The molecule has 3 aromatic rings. The topological polar surface area (TPSA) is 116 Å². The van der Waals surface area contributed by atoms with Crippen LogP contribution in [0.2, 0.25) is 0 Å². The fourth-order valence-corrected chi connectivity index (χ4v) is 2.08. The van der Waals surface area contributed by atoms with E-state index in [1.54, 1.807) is 31.4 Å². The molecule has 0 fully saturated rings. The summed E-state index contributed by atoms with van der Waals surface area (Å²) in [5.74, 6) is 0.168. The number of ether oxygens (including phenoxy) is 1. The first-order valence-electron chi connectivity index (χ1n) is 6.64. The molecule has 0 aliphatic carbocycles. The third-order valence-corrected chi connectivity index (χ3v) is 3.18. The molecule has 3 rings (SSSR count). The SMILES string of the molecule is COc1cccc(-c2nn(-c3cnc(N)cn3)cc2C(=O)O)c1. The molecule has 0 saturated carbocycles. The van der Waals surface area contributed by atoms with Gasteiger partial charge in [0, 0.05) is 11.8 Å². The van der Waals surface area contributed by atoms with Crippen LogP contribution < -0.4 is 10.5 Å². The summed E-state index contributed by atoms with van der Waals surface area (Å²) in [6.07, 6.45) is 4.18. The number of carboxylic acid groups (broad SMARTS) is 1. The molecule has 0 atom stereocenters. The summed E-state index contributed by atoms with van der Waals surface area (Å²) < 4.78 is 6.51. The van der Waals surface area contributed by atoms with Crippen molar-refractivity contribution in [2.24, 2.45) is 0 Å². The minimum atomic E-state index is -1.09. The number of hydrogen-bond donors (Lipinski definition) is 2. The molecule has 0 bridgehead atoms. The van der Waals surface area contributed by atoms with Gasteiger partial charge in [-0.25, -0.2) is 19.4 Å². The zero-order chi connectivity index (χ0) is 16.4. The highest BCUT2D eigenvalue weighted by Gasteiger charge is 2.18. The molecule has 116 valence electrons. The third kappa shape index (κ3) is 2.82. The van der Waals surface area contributed by atoms with E-state index in [4.69, 9.17) is 10.5 Å². The van der Waals surface area contributed by atoms with E-state index in [0.29, 0.717) is 22.8 Å². The Bertz CT molecular complexity index is 858. The lowest BCUT2D eigenvalue weighted by molar-refractivity contribution is 0.0697. The molecule has 2 aromatic heterocycles. The van der Waals surface area contributed by atoms with Gasteiger partial charge in [0.25, 0.3) is 0 Å². The number of nitrogens with zero attached hydrogens (tertiary/aromatic N) is 4. The normalized spacial score (nSPS) is 10.5. The average molecular weight is 311 g/mol. The predicted molar refractivity (Wildman–Crippen MR) is 82.5 cm³/mol. The van der Waals surface area contributed by atoms with Crippen molar-refractivity contribution in [3.63, 3.8) is 0 Å². The number of hydrogen-bond acceptors (Lipinski definition) is 6. The summed E-state index contributed by atoms with van der Waals surface area (Å²) in [5, 5.41) is 13.7. The van der Waals surface area contributed by atoms with E-state index in [1.807, 2.05) is 0 Å². The Kier molecular flexibility index (Phi) is 3.63. The van der Waals surface area contributed by atoms with Crippen LogP contribution in [0.25, 0.3) is 17.1 Å². The van der Waals surface area contributed by atoms with Crippen LogP contribution in [0.4, 0.5) is 5.82 Å². The standard InChI is InChI=1S/C15H13N5O3/c1-23-10-4-2-3-9(5-10)14-11(15(21)22)8-20(19-14)13-7-17-12(16)6-18-13/h2-8H,1H3,(H2,16,17)(H,21,22). The number of aromatic carboxylic acids is 1. The summed E-state index contributed by atoms with van der Waals surface area (Å²) in [6.45, 7) is 0. The molecule has 0 saturated heterocycles. The molecule has 0 aliphatic rings. The number of benzene rings is 1. The first-order chi connectivity index (χ1) is 11.1. The molecule has 0 spiro atoms. The average Bonchev–Trinajstić information content (AvgIpc) is 3.01. The van der Waals surface area contributed by atoms with Crippen LogP contribution in [0.15, 0.2) is 42.9 Å². The number of methoxy groups -OCH3 is 1. The Morgan fingerprint density at radius 2 is 2.13 bits per heavy atom. The highest BCUT2D eigenvalue weighted by Crippen LogP contribution is 2.26. The van der Waals surface area contributed by atoms with E-state index in [-0.39, 0.29) is 11.4 Å². The van der Waals surface area contributed by atoms with Crippen molar-refractivity contribution < 1.29 is 14.6 Å². The lowest BCUT2D eigenvalue weighted by Crippen LogP contribution is -2.01. The number of anilines is 1. The maximum absolute atomic E-state index is 11.5. The summed E-state index contributed by atoms with van der Waals surface area (Å²) in [6, 6.07) is 7.01. The van der Waals surface area contributed by atoms with E-state index < -0.39 is 5.97 Å². The van der Waals surface area contributed by atoms with Crippen LogP contribution in [0.5, 0.6) is 5.75 Å². The lowest BCUT2D eigenvalue weighted by Gasteiger charge is -2.03. The highest BCUT2D eigenvalue weighted by molar-refractivity contribution is 5.94. The van der Waals surface area contributed by atoms with Crippen LogP contribution in [0.3, 0.4) is 0 Å². The Morgan fingerprint density at radius 3 is 2.78 bits per heavy atom. The van der Waals surface area contributed by atoms with Crippen LogP contribution in [-0.2, 0) is 0 Å². The molecular weight excluding hydrogens is 298 g/mol. The first kappa shape index (κ1) is 14.5. The predicted octanol–water partition coefficient (Wildman–Crippen LogP) is 1.62. The fourth-order valence-electron chi connectivity index (χ4n) is 2.08. The van der Waals surface area contributed by atoms with Crippen molar-refractivity contribution in [3.05, 3.63) is 48.4 Å². The largest absolute Gasteiger partial charge is 0.497 e. The second-order valence-corrected chi connectivity index (χ2v) is 4.67.